The summed E-state index contributed by atoms with van der Waals surface area (Å²) in [6.45, 7) is 20.0. The highest BCUT2D eigenvalue weighted by molar-refractivity contribution is 6.45. The number of likely N-dealkylation sites (tertiary alicyclic amines) is 1. The molecule has 6 heteroatoms. The zero-order valence-electron chi connectivity index (χ0n) is 23.5. The third-order valence-corrected chi connectivity index (χ3v) is 9.26. The Labute approximate surface area is 214 Å². The molecule has 2 saturated heterocycles. The van der Waals surface area contributed by atoms with Gasteiger partial charge in [-0.1, -0.05) is 70.9 Å². The molecule has 1 atom stereocenters. The SMILES string of the molecule is CC(C)(C)C(C)(CCCCB1OC(C)(C)C(C)(C)O1)C1CCN(C(=O)OCc2ccccc2)CC1. The topological polar surface area (TPSA) is 48.0 Å². The van der Waals surface area contributed by atoms with E-state index in [9.17, 15) is 4.79 Å². The molecule has 2 aliphatic rings. The van der Waals surface area contributed by atoms with E-state index < -0.39 is 0 Å². The smallest absolute Gasteiger partial charge is 0.445 e. The molecule has 1 aromatic rings. The minimum Gasteiger partial charge on any atom is -0.445 e. The van der Waals surface area contributed by atoms with Crippen LogP contribution in [0.3, 0.4) is 0 Å². The van der Waals surface area contributed by atoms with Gasteiger partial charge in [-0.05, 0) is 75.6 Å². The van der Waals surface area contributed by atoms with Crippen molar-refractivity contribution in [3.8, 4) is 0 Å². The molecule has 196 valence electrons. The molecule has 0 N–H and O–H groups in total. The molecule has 5 nitrogen and oxygen atoms in total. The highest BCUT2D eigenvalue weighted by atomic mass is 16.7. The lowest BCUT2D eigenvalue weighted by molar-refractivity contribution is -0.0123. The normalized spacial score (nSPS) is 22.2. The third kappa shape index (κ3) is 6.62. The van der Waals surface area contributed by atoms with E-state index in [0.717, 1.165) is 50.7 Å². The molecule has 0 bridgehead atoms. The quantitative estimate of drug-likeness (QED) is 0.285. The van der Waals surface area contributed by atoms with E-state index in [1.807, 2.05) is 35.2 Å². The molecule has 0 spiro atoms. The van der Waals surface area contributed by atoms with Gasteiger partial charge < -0.3 is 18.9 Å². The Bertz CT molecular complexity index is 811. The van der Waals surface area contributed by atoms with Gasteiger partial charge in [0.2, 0.25) is 0 Å². The van der Waals surface area contributed by atoms with Crippen LogP contribution in [-0.2, 0) is 20.7 Å². The van der Waals surface area contributed by atoms with Gasteiger partial charge in [0.1, 0.15) is 6.61 Å². The zero-order valence-corrected chi connectivity index (χ0v) is 23.5. The van der Waals surface area contributed by atoms with Crippen molar-refractivity contribution in [1.82, 2.24) is 4.90 Å². The van der Waals surface area contributed by atoms with Crippen molar-refractivity contribution >= 4 is 13.2 Å². The number of amides is 1. The van der Waals surface area contributed by atoms with Gasteiger partial charge >= 0.3 is 13.2 Å². The lowest BCUT2D eigenvalue weighted by Crippen LogP contribution is -2.47. The first-order chi connectivity index (χ1) is 16.3. The Morgan fingerprint density at radius 1 is 1.00 bits per heavy atom. The van der Waals surface area contributed by atoms with E-state index in [1.54, 1.807) is 0 Å². The second kappa shape index (κ2) is 10.8. The molecular weight excluding hydrogens is 437 g/mol. The summed E-state index contributed by atoms with van der Waals surface area (Å²) >= 11 is 0. The van der Waals surface area contributed by atoms with Gasteiger partial charge in [0.25, 0.3) is 0 Å². The molecule has 1 aromatic carbocycles. The predicted molar refractivity (Wildman–Crippen MR) is 143 cm³/mol. The minimum atomic E-state index is -0.256. The molecule has 0 saturated carbocycles. The summed E-state index contributed by atoms with van der Waals surface area (Å²) < 4.78 is 18.0. The number of unbranched alkanes of at least 4 members (excludes halogenated alkanes) is 1. The maximum atomic E-state index is 12.6. The van der Waals surface area contributed by atoms with Crippen LogP contribution < -0.4 is 0 Å². The fraction of sp³-hybridized carbons (Fsp3) is 0.759. The summed E-state index contributed by atoms with van der Waals surface area (Å²) in [4.78, 5) is 14.5. The Kier molecular flexibility index (Phi) is 8.69. The summed E-state index contributed by atoms with van der Waals surface area (Å²) in [6, 6.07) is 9.89. The molecule has 2 aliphatic heterocycles. The van der Waals surface area contributed by atoms with E-state index >= 15 is 0 Å². The van der Waals surface area contributed by atoms with Crippen LogP contribution >= 0.6 is 0 Å². The van der Waals surface area contributed by atoms with Crippen LogP contribution in [0.25, 0.3) is 0 Å². The molecule has 1 amide bonds. The van der Waals surface area contributed by atoms with Gasteiger partial charge in [-0.3, -0.25) is 0 Å². The van der Waals surface area contributed by atoms with Crippen LogP contribution in [0, 0.1) is 16.7 Å². The van der Waals surface area contributed by atoms with Crippen molar-refractivity contribution < 1.29 is 18.8 Å². The predicted octanol–water partition coefficient (Wildman–Crippen LogP) is 7.35. The number of rotatable bonds is 8. The van der Waals surface area contributed by atoms with Crippen LogP contribution in [0.15, 0.2) is 30.3 Å². The Morgan fingerprint density at radius 3 is 2.11 bits per heavy atom. The lowest BCUT2D eigenvalue weighted by Gasteiger charge is -2.50. The maximum absolute atomic E-state index is 12.6. The van der Waals surface area contributed by atoms with E-state index in [0.29, 0.717) is 12.5 Å². The second-order valence-electron chi connectivity index (χ2n) is 12.9. The number of benzene rings is 1. The van der Waals surface area contributed by atoms with E-state index in [-0.39, 0.29) is 35.2 Å². The number of hydrogen-bond donors (Lipinski definition) is 0. The molecule has 2 heterocycles. The van der Waals surface area contributed by atoms with Crippen LogP contribution in [0.4, 0.5) is 4.79 Å². The van der Waals surface area contributed by atoms with Crippen LogP contribution in [-0.4, -0.2) is 42.4 Å². The average Bonchev–Trinajstić information content (AvgIpc) is 3.01. The Hall–Kier alpha value is -1.53. The number of carbonyl (C=O) groups is 1. The average molecular weight is 486 g/mol. The minimum absolute atomic E-state index is 0.106. The molecule has 0 aromatic heterocycles. The molecule has 1 unspecified atom stereocenters. The number of piperidine rings is 1. The standard InChI is InChI=1S/C29H48BNO4/c1-26(2,3)29(8,18-12-13-19-30-34-27(4,5)28(6,7)35-30)24-16-20-31(21-17-24)25(32)33-22-23-14-10-9-11-15-23/h9-11,14-15,24H,12-13,16-22H2,1-8H3. The fourth-order valence-electron chi connectivity index (χ4n) is 5.59. The monoisotopic (exact) mass is 485 g/mol. The van der Waals surface area contributed by atoms with Gasteiger partial charge in [0, 0.05) is 13.1 Å². The molecule has 2 fully saturated rings. The Morgan fingerprint density at radius 2 is 1.57 bits per heavy atom. The molecular formula is C29H48BNO4. The van der Waals surface area contributed by atoms with Crippen molar-refractivity contribution in [2.75, 3.05) is 13.1 Å². The number of ether oxygens (including phenoxy) is 1. The van der Waals surface area contributed by atoms with E-state index in [2.05, 4.69) is 55.4 Å². The number of hydrogen-bond acceptors (Lipinski definition) is 4. The van der Waals surface area contributed by atoms with Crippen LogP contribution in [0.5, 0.6) is 0 Å². The van der Waals surface area contributed by atoms with Crippen molar-refractivity contribution in [2.24, 2.45) is 16.7 Å². The maximum Gasteiger partial charge on any atom is 0.457 e. The van der Waals surface area contributed by atoms with Gasteiger partial charge in [-0.2, -0.15) is 0 Å². The summed E-state index contributed by atoms with van der Waals surface area (Å²) in [5, 5.41) is 0. The van der Waals surface area contributed by atoms with Crippen molar-refractivity contribution in [3.63, 3.8) is 0 Å². The first-order valence-corrected chi connectivity index (χ1v) is 13.6. The summed E-state index contributed by atoms with van der Waals surface area (Å²) in [5.74, 6) is 0.595. The second-order valence-corrected chi connectivity index (χ2v) is 12.9. The fourth-order valence-corrected chi connectivity index (χ4v) is 5.59. The van der Waals surface area contributed by atoms with Gasteiger partial charge in [0.05, 0.1) is 11.2 Å². The van der Waals surface area contributed by atoms with Crippen LogP contribution in [0.1, 0.15) is 93.1 Å². The summed E-state index contributed by atoms with van der Waals surface area (Å²) in [6.07, 6.45) is 6.27. The van der Waals surface area contributed by atoms with Gasteiger partial charge in [0.15, 0.2) is 0 Å². The molecule has 0 radical (unpaired) electrons. The van der Waals surface area contributed by atoms with Crippen molar-refractivity contribution in [2.45, 2.75) is 112 Å². The van der Waals surface area contributed by atoms with E-state index in [4.69, 9.17) is 14.0 Å². The van der Waals surface area contributed by atoms with E-state index in [1.165, 1.54) is 6.42 Å². The first kappa shape index (κ1) is 28.1. The lowest BCUT2D eigenvalue weighted by atomic mass is 9.56. The molecule has 0 aliphatic carbocycles. The van der Waals surface area contributed by atoms with Crippen LogP contribution in [0.2, 0.25) is 6.32 Å². The van der Waals surface area contributed by atoms with Crippen molar-refractivity contribution in [3.05, 3.63) is 35.9 Å². The largest absolute Gasteiger partial charge is 0.457 e. The molecule has 35 heavy (non-hydrogen) atoms. The zero-order chi connectivity index (χ0) is 25.9. The van der Waals surface area contributed by atoms with Gasteiger partial charge in [-0.15, -0.1) is 0 Å². The number of carbonyl (C=O) groups excluding carboxylic acids is 1. The van der Waals surface area contributed by atoms with Gasteiger partial charge in [-0.25, -0.2) is 4.79 Å². The molecule has 3 rings (SSSR count). The highest BCUT2D eigenvalue weighted by Gasteiger charge is 2.50. The number of nitrogens with zero attached hydrogens (tertiary/aromatic N) is 1. The summed E-state index contributed by atoms with van der Waals surface area (Å²) in [7, 11) is -0.106. The van der Waals surface area contributed by atoms with Crippen molar-refractivity contribution in [1.29, 1.82) is 0 Å². The highest BCUT2D eigenvalue weighted by Crippen LogP contribution is 2.52. The Balaban J connectivity index is 1.48. The first-order valence-electron chi connectivity index (χ1n) is 13.6. The summed E-state index contributed by atoms with van der Waals surface area (Å²) in [5.41, 5.74) is 0.916. The third-order valence-electron chi connectivity index (χ3n) is 9.26.